The number of hydrogen-bond donors (Lipinski definition) is 2. The lowest BCUT2D eigenvalue weighted by atomic mass is 10.0. The molecule has 0 aliphatic heterocycles. The summed E-state index contributed by atoms with van der Waals surface area (Å²) in [5.74, 6) is 0.237. The van der Waals surface area contributed by atoms with E-state index < -0.39 is 10.0 Å². The van der Waals surface area contributed by atoms with Crippen LogP contribution in [0.15, 0.2) is 21.6 Å². The number of aliphatic hydroxyl groups excluding tert-OH is 1. The maximum atomic E-state index is 12.0. The van der Waals surface area contributed by atoms with Crippen molar-refractivity contribution in [3.8, 4) is 0 Å². The second-order valence-electron chi connectivity index (χ2n) is 4.95. The quantitative estimate of drug-likeness (QED) is 0.741. The summed E-state index contributed by atoms with van der Waals surface area (Å²) in [6, 6.07) is 2.80. The molecule has 0 radical (unpaired) electrons. The molecule has 6 nitrogen and oxygen atoms in total. The van der Waals surface area contributed by atoms with Gasteiger partial charge in [0.05, 0.1) is 0 Å². The summed E-state index contributed by atoms with van der Waals surface area (Å²) in [6.45, 7) is 0.721. The van der Waals surface area contributed by atoms with E-state index in [1.807, 2.05) is 0 Å². The molecule has 1 aromatic heterocycles. The zero-order valence-electron chi connectivity index (χ0n) is 10.9. The maximum absolute atomic E-state index is 12.0. The van der Waals surface area contributed by atoms with Crippen molar-refractivity contribution in [2.75, 3.05) is 20.3 Å². The van der Waals surface area contributed by atoms with Crippen LogP contribution in [0.25, 0.3) is 0 Å². The first-order chi connectivity index (χ1) is 9.01. The molecule has 1 aliphatic carbocycles. The lowest BCUT2D eigenvalue weighted by Crippen LogP contribution is -2.30. The predicted molar refractivity (Wildman–Crippen MR) is 68.0 cm³/mol. The van der Waals surface area contributed by atoms with Crippen LogP contribution in [0.2, 0.25) is 0 Å². The van der Waals surface area contributed by atoms with Crippen LogP contribution in [0, 0.1) is 5.41 Å². The molecule has 0 spiro atoms. The average molecular weight is 289 g/mol. The first-order valence-electron chi connectivity index (χ1n) is 6.19. The van der Waals surface area contributed by atoms with E-state index in [2.05, 4.69) is 4.72 Å². The second-order valence-corrected chi connectivity index (χ2v) is 6.64. The Balaban J connectivity index is 1.94. The van der Waals surface area contributed by atoms with Gasteiger partial charge >= 0.3 is 0 Å². The highest BCUT2D eigenvalue weighted by Crippen LogP contribution is 2.48. The van der Waals surface area contributed by atoms with Gasteiger partial charge in [0.2, 0.25) is 5.09 Å². The van der Waals surface area contributed by atoms with Crippen LogP contribution in [-0.4, -0.2) is 33.8 Å². The van der Waals surface area contributed by atoms with E-state index in [0.29, 0.717) is 13.2 Å². The molecule has 2 rings (SSSR count). The van der Waals surface area contributed by atoms with Crippen molar-refractivity contribution in [2.24, 2.45) is 5.41 Å². The minimum absolute atomic E-state index is 0.0372. The first kappa shape index (κ1) is 14.5. The van der Waals surface area contributed by atoms with Crippen LogP contribution in [0.5, 0.6) is 0 Å². The summed E-state index contributed by atoms with van der Waals surface area (Å²) >= 11 is 0. The third kappa shape index (κ3) is 3.56. The summed E-state index contributed by atoms with van der Waals surface area (Å²) in [4.78, 5) is 0. The van der Waals surface area contributed by atoms with E-state index in [0.717, 1.165) is 19.3 Å². The molecule has 0 saturated heterocycles. The molecule has 2 N–H and O–H groups in total. The molecule has 0 atom stereocenters. The van der Waals surface area contributed by atoms with Crippen molar-refractivity contribution in [1.29, 1.82) is 0 Å². The smallest absolute Gasteiger partial charge is 0.273 e. The lowest BCUT2D eigenvalue weighted by molar-refractivity contribution is 0.173. The van der Waals surface area contributed by atoms with Gasteiger partial charge in [-0.05, 0) is 36.8 Å². The number of rotatable bonds is 8. The van der Waals surface area contributed by atoms with Gasteiger partial charge in [0.15, 0.2) is 0 Å². The summed E-state index contributed by atoms with van der Waals surface area (Å²) in [5.41, 5.74) is 0.0372. The van der Waals surface area contributed by atoms with Crippen LogP contribution in [0.4, 0.5) is 0 Å². The fourth-order valence-electron chi connectivity index (χ4n) is 1.92. The zero-order valence-corrected chi connectivity index (χ0v) is 11.7. The molecule has 0 unspecified atom stereocenters. The molecule has 19 heavy (non-hydrogen) atoms. The van der Waals surface area contributed by atoms with Crippen molar-refractivity contribution >= 4 is 10.0 Å². The summed E-state index contributed by atoms with van der Waals surface area (Å²) in [7, 11) is -2.00. The second kappa shape index (κ2) is 5.62. The SMILES string of the molecule is COCCC1(CNS(=O)(=O)c2ccc(CO)o2)CC1. The van der Waals surface area contributed by atoms with E-state index in [4.69, 9.17) is 14.3 Å². The van der Waals surface area contributed by atoms with Gasteiger partial charge in [-0.25, -0.2) is 13.1 Å². The van der Waals surface area contributed by atoms with Crippen LogP contribution < -0.4 is 4.72 Å². The topological polar surface area (TPSA) is 88.8 Å². The van der Waals surface area contributed by atoms with Gasteiger partial charge in [0, 0.05) is 20.3 Å². The molecule has 0 bridgehead atoms. The molecular weight excluding hydrogens is 270 g/mol. The molecule has 1 aliphatic rings. The average Bonchev–Trinajstić information content (AvgIpc) is 2.99. The monoisotopic (exact) mass is 289 g/mol. The van der Waals surface area contributed by atoms with Gasteiger partial charge in [-0.3, -0.25) is 0 Å². The van der Waals surface area contributed by atoms with Crippen molar-refractivity contribution in [3.05, 3.63) is 17.9 Å². The molecular formula is C12H19NO5S. The van der Waals surface area contributed by atoms with Crippen LogP contribution in [0.1, 0.15) is 25.0 Å². The van der Waals surface area contributed by atoms with E-state index in [-0.39, 0.29) is 22.9 Å². The summed E-state index contributed by atoms with van der Waals surface area (Å²) < 4.78 is 36.6. The first-order valence-corrected chi connectivity index (χ1v) is 7.68. The fraction of sp³-hybridized carbons (Fsp3) is 0.667. The van der Waals surface area contributed by atoms with Gasteiger partial charge in [-0.1, -0.05) is 0 Å². The largest absolute Gasteiger partial charge is 0.446 e. The van der Waals surface area contributed by atoms with Gasteiger partial charge in [0.25, 0.3) is 10.0 Å². The summed E-state index contributed by atoms with van der Waals surface area (Å²) in [5, 5.41) is 8.71. The predicted octanol–water partition coefficient (Wildman–Crippen LogP) is 0.867. The lowest BCUT2D eigenvalue weighted by Gasteiger charge is -2.14. The Labute approximate surface area is 112 Å². The van der Waals surface area contributed by atoms with Crippen molar-refractivity contribution in [2.45, 2.75) is 31.0 Å². The fourth-order valence-corrected chi connectivity index (χ4v) is 3.02. The zero-order chi connectivity index (χ0) is 13.9. The molecule has 7 heteroatoms. The highest BCUT2D eigenvalue weighted by Gasteiger charge is 2.42. The van der Waals surface area contributed by atoms with E-state index in [1.165, 1.54) is 12.1 Å². The van der Waals surface area contributed by atoms with Crippen molar-refractivity contribution < 1.29 is 22.7 Å². The highest BCUT2D eigenvalue weighted by atomic mass is 32.2. The van der Waals surface area contributed by atoms with E-state index in [9.17, 15) is 8.42 Å². The molecule has 108 valence electrons. The van der Waals surface area contributed by atoms with Crippen LogP contribution in [0.3, 0.4) is 0 Å². The third-order valence-corrected chi connectivity index (χ3v) is 4.76. The van der Waals surface area contributed by atoms with E-state index in [1.54, 1.807) is 7.11 Å². The van der Waals surface area contributed by atoms with Crippen LogP contribution in [-0.2, 0) is 21.4 Å². The van der Waals surface area contributed by atoms with Crippen molar-refractivity contribution in [3.63, 3.8) is 0 Å². The molecule has 1 fully saturated rings. The Hall–Kier alpha value is -0.890. The number of furan rings is 1. The van der Waals surface area contributed by atoms with E-state index >= 15 is 0 Å². The maximum Gasteiger partial charge on any atom is 0.273 e. The van der Waals surface area contributed by atoms with Gasteiger partial charge in [-0.2, -0.15) is 0 Å². The highest BCUT2D eigenvalue weighted by molar-refractivity contribution is 7.89. The number of aliphatic hydroxyl groups is 1. The molecule has 0 amide bonds. The third-order valence-electron chi connectivity index (χ3n) is 3.49. The number of methoxy groups -OCH3 is 1. The Morgan fingerprint density at radius 2 is 2.21 bits per heavy atom. The number of hydrogen-bond acceptors (Lipinski definition) is 5. The standard InChI is InChI=1S/C12H19NO5S/c1-17-7-6-12(4-5-12)9-13-19(15,16)11-3-2-10(8-14)18-11/h2-3,13-14H,4-9H2,1H3. The van der Waals surface area contributed by atoms with Gasteiger partial charge in [-0.15, -0.1) is 0 Å². The number of ether oxygens (including phenoxy) is 1. The number of nitrogens with one attached hydrogen (secondary N) is 1. The molecule has 0 aromatic carbocycles. The Morgan fingerprint density at radius 3 is 2.74 bits per heavy atom. The molecule has 1 saturated carbocycles. The summed E-state index contributed by atoms with van der Waals surface area (Å²) in [6.07, 6.45) is 2.88. The number of sulfonamides is 1. The Morgan fingerprint density at radius 1 is 1.47 bits per heavy atom. The van der Waals surface area contributed by atoms with Crippen molar-refractivity contribution in [1.82, 2.24) is 4.72 Å². The minimum atomic E-state index is -3.64. The van der Waals surface area contributed by atoms with Gasteiger partial charge in [0.1, 0.15) is 12.4 Å². The Bertz CT molecular complexity index is 518. The Kier molecular flexibility index (Phi) is 4.29. The minimum Gasteiger partial charge on any atom is -0.446 e. The molecule has 1 heterocycles. The van der Waals surface area contributed by atoms with Crippen LogP contribution >= 0.6 is 0 Å². The normalized spacial score (nSPS) is 17.6. The van der Waals surface area contributed by atoms with Gasteiger partial charge < -0.3 is 14.3 Å². The molecule has 1 aromatic rings.